The molecule has 1 aromatic rings. The molecule has 0 bridgehead atoms. The van der Waals surface area contributed by atoms with Gasteiger partial charge in [-0.05, 0) is 24.0 Å². The highest BCUT2D eigenvalue weighted by Gasteiger charge is 2.22. The maximum absolute atomic E-state index is 11.5. The van der Waals surface area contributed by atoms with Crippen LogP contribution in [0.2, 0.25) is 0 Å². The molecule has 1 unspecified atom stereocenters. The fourth-order valence-electron chi connectivity index (χ4n) is 2.08. The van der Waals surface area contributed by atoms with E-state index in [-0.39, 0.29) is 12.1 Å². The number of alkyl halides is 1. The number of aryl methyl sites for hydroxylation is 1. The van der Waals surface area contributed by atoms with E-state index in [2.05, 4.69) is 38.7 Å². The molecule has 2 amide bonds. The zero-order chi connectivity index (χ0) is 11.4. The molecule has 0 saturated heterocycles. The molecule has 1 aliphatic carbocycles. The molecule has 2 rings (SSSR count). The second-order valence-electron chi connectivity index (χ2n) is 3.88. The lowest BCUT2D eigenvalue weighted by Gasteiger charge is -2.14. The Kier molecular flexibility index (Phi) is 3.83. The molecule has 4 heteroatoms. The van der Waals surface area contributed by atoms with E-state index >= 15 is 0 Å². The van der Waals surface area contributed by atoms with Gasteiger partial charge in [0.2, 0.25) is 0 Å². The van der Waals surface area contributed by atoms with Gasteiger partial charge in [-0.1, -0.05) is 40.2 Å². The highest BCUT2D eigenvalue weighted by Crippen LogP contribution is 2.30. The normalized spacial score (nSPS) is 17.9. The van der Waals surface area contributed by atoms with Crippen molar-refractivity contribution in [2.24, 2.45) is 0 Å². The number of hydrogen-bond donors (Lipinski definition) is 2. The van der Waals surface area contributed by atoms with Crippen molar-refractivity contribution in [1.82, 2.24) is 10.6 Å². The first-order valence-corrected chi connectivity index (χ1v) is 6.61. The zero-order valence-electron chi connectivity index (χ0n) is 9.00. The molecular weight excluding hydrogens is 268 g/mol. The molecule has 1 aromatic carbocycles. The number of nitrogens with one attached hydrogen (secondary N) is 2. The summed E-state index contributed by atoms with van der Waals surface area (Å²) in [6.45, 7) is 0.653. The van der Waals surface area contributed by atoms with Crippen molar-refractivity contribution < 1.29 is 4.79 Å². The number of fused-ring (bicyclic) bond motifs is 1. The summed E-state index contributed by atoms with van der Waals surface area (Å²) in [6, 6.07) is 8.39. The molecule has 0 saturated carbocycles. The highest BCUT2D eigenvalue weighted by molar-refractivity contribution is 9.09. The van der Waals surface area contributed by atoms with Crippen molar-refractivity contribution in [2.75, 3.05) is 11.9 Å². The third-order valence-electron chi connectivity index (χ3n) is 2.82. The summed E-state index contributed by atoms with van der Waals surface area (Å²) in [4.78, 5) is 11.5. The van der Waals surface area contributed by atoms with E-state index in [0.717, 1.165) is 18.2 Å². The second-order valence-corrected chi connectivity index (χ2v) is 4.67. The number of benzene rings is 1. The summed E-state index contributed by atoms with van der Waals surface area (Å²) < 4.78 is 0. The summed E-state index contributed by atoms with van der Waals surface area (Å²) in [6.07, 6.45) is 2.06. The van der Waals surface area contributed by atoms with Crippen LogP contribution in [0.1, 0.15) is 23.6 Å². The van der Waals surface area contributed by atoms with E-state index < -0.39 is 0 Å². The summed E-state index contributed by atoms with van der Waals surface area (Å²) >= 11 is 3.27. The monoisotopic (exact) mass is 282 g/mol. The average molecular weight is 283 g/mol. The maximum Gasteiger partial charge on any atom is 0.315 e. The van der Waals surface area contributed by atoms with Gasteiger partial charge in [-0.25, -0.2) is 4.79 Å². The number of carbonyl (C=O) groups excluding carboxylic acids is 1. The van der Waals surface area contributed by atoms with Gasteiger partial charge in [0.05, 0.1) is 6.04 Å². The van der Waals surface area contributed by atoms with Crippen LogP contribution in [0.15, 0.2) is 24.3 Å². The van der Waals surface area contributed by atoms with E-state index in [1.54, 1.807) is 0 Å². The lowest BCUT2D eigenvalue weighted by molar-refractivity contribution is 0.237. The van der Waals surface area contributed by atoms with Crippen LogP contribution in [0.4, 0.5) is 4.79 Å². The van der Waals surface area contributed by atoms with E-state index in [4.69, 9.17) is 0 Å². The number of amides is 2. The molecule has 86 valence electrons. The first-order valence-electron chi connectivity index (χ1n) is 5.49. The predicted octanol–water partition coefficient (Wildman–Crippen LogP) is 2.37. The van der Waals surface area contributed by atoms with Gasteiger partial charge in [0.15, 0.2) is 0 Å². The maximum atomic E-state index is 11.5. The van der Waals surface area contributed by atoms with Crippen LogP contribution in [0, 0.1) is 0 Å². The zero-order valence-corrected chi connectivity index (χ0v) is 10.6. The Morgan fingerprint density at radius 3 is 3.06 bits per heavy atom. The Bertz CT molecular complexity index is 381. The summed E-state index contributed by atoms with van der Waals surface area (Å²) in [7, 11) is 0. The molecule has 1 atom stereocenters. The summed E-state index contributed by atoms with van der Waals surface area (Å²) in [5.74, 6) is 0. The van der Waals surface area contributed by atoms with Gasteiger partial charge in [0, 0.05) is 11.9 Å². The van der Waals surface area contributed by atoms with Crippen LogP contribution >= 0.6 is 15.9 Å². The van der Waals surface area contributed by atoms with Crippen LogP contribution in [0.5, 0.6) is 0 Å². The van der Waals surface area contributed by atoms with Crippen molar-refractivity contribution in [1.29, 1.82) is 0 Å². The van der Waals surface area contributed by atoms with Crippen molar-refractivity contribution >= 4 is 22.0 Å². The summed E-state index contributed by atoms with van der Waals surface area (Å²) in [5, 5.41) is 6.57. The molecule has 1 aliphatic rings. The molecule has 16 heavy (non-hydrogen) atoms. The van der Waals surface area contributed by atoms with Gasteiger partial charge >= 0.3 is 6.03 Å². The van der Waals surface area contributed by atoms with Gasteiger partial charge in [0.1, 0.15) is 0 Å². The fourth-order valence-corrected chi connectivity index (χ4v) is 2.28. The molecular formula is C12H15BrN2O. The largest absolute Gasteiger partial charge is 0.337 e. The molecule has 2 N–H and O–H groups in total. The average Bonchev–Trinajstić information content (AvgIpc) is 2.70. The molecule has 0 spiro atoms. The van der Waals surface area contributed by atoms with E-state index in [1.165, 1.54) is 11.1 Å². The molecule has 0 fully saturated rings. The quantitative estimate of drug-likeness (QED) is 0.822. The Hall–Kier alpha value is -1.03. The number of carbonyl (C=O) groups is 1. The van der Waals surface area contributed by atoms with Crippen LogP contribution in [-0.2, 0) is 6.42 Å². The van der Waals surface area contributed by atoms with Gasteiger partial charge in [-0.15, -0.1) is 0 Å². The number of urea groups is 1. The van der Waals surface area contributed by atoms with Crippen LogP contribution < -0.4 is 10.6 Å². The van der Waals surface area contributed by atoms with E-state index in [0.29, 0.717) is 6.54 Å². The van der Waals surface area contributed by atoms with Gasteiger partial charge in [0.25, 0.3) is 0 Å². The van der Waals surface area contributed by atoms with Crippen molar-refractivity contribution in [3.8, 4) is 0 Å². The van der Waals surface area contributed by atoms with E-state index in [1.807, 2.05) is 12.1 Å². The first kappa shape index (κ1) is 11.5. The topological polar surface area (TPSA) is 41.1 Å². The Labute approximate surface area is 104 Å². The smallest absolute Gasteiger partial charge is 0.315 e. The lowest BCUT2D eigenvalue weighted by atomic mass is 10.1. The lowest BCUT2D eigenvalue weighted by Crippen LogP contribution is -2.38. The Morgan fingerprint density at radius 2 is 2.25 bits per heavy atom. The van der Waals surface area contributed by atoms with Crippen LogP contribution in [-0.4, -0.2) is 17.9 Å². The first-order chi connectivity index (χ1) is 7.81. The molecule has 0 aliphatic heterocycles. The fraction of sp³-hybridized carbons (Fsp3) is 0.417. The minimum atomic E-state index is -0.0823. The second kappa shape index (κ2) is 5.34. The van der Waals surface area contributed by atoms with Crippen molar-refractivity contribution in [3.63, 3.8) is 0 Å². The number of rotatable bonds is 3. The van der Waals surface area contributed by atoms with Crippen LogP contribution in [0.25, 0.3) is 0 Å². The van der Waals surface area contributed by atoms with Gasteiger partial charge < -0.3 is 10.6 Å². The van der Waals surface area contributed by atoms with Gasteiger partial charge in [-0.2, -0.15) is 0 Å². The summed E-state index contributed by atoms with van der Waals surface area (Å²) in [5.41, 5.74) is 2.62. The molecule has 0 radical (unpaired) electrons. The molecule has 0 aromatic heterocycles. The Balaban J connectivity index is 1.95. The van der Waals surface area contributed by atoms with E-state index in [9.17, 15) is 4.79 Å². The van der Waals surface area contributed by atoms with Crippen LogP contribution in [0.3, 0.4) is 0 Å². The number of halogens is 1. The Morgan fingerprint density at radius 1 is 1.44 bits per heavy atom. The third kappa shape index (κ3) is 2.55. The molecule has 3 nitrogen and oxygen atoms in total. The SMILES string of the molecule is O=C(NCCBr)NC1CCc2ccccc21. The standard InChI is InChI=1S/C12H15BrN2O/c13-7-8-14-12(16)15-11-6-5-9-3-1-2-4-10(9)11/h1-4,11H,5-8H2,(H2,14,15,16). The molecule has 0 heterocycles. The minimum absolute atomic E-state index is 0.0823. The predicted molar refractivity (Wildman–Crippen MR) is 67.8 cm³/mol. The minimum Gasteiger partial charge on any atom is -0.337 e. The third-order valence-corrected chi connectivity index (χ3v) is 3.21. The van der Waals surface area contributed by atoms with Crippen molar-refractivity contribution in [3.05, 3.63) is 35.4 Å². The number of hydrogen-bond acceptors (Lipinski definition) is 1. The highest BCUT2D eigenvalue weighted by atomic mass is 79.9. The van der Waals surface area contributed by atoms with Crippen molar-refractivity contribution in [2.45, 2.75) is 18.9 Å². The van der Waals surface area contributed by atoms with Gasteiger partial charge in [-0.3, -0.25) is 0 Å².